The van der Waals surface area contributed by atoms with Gasteiger partial charge < -0.3 is 9.64 Å². The molecule has 1 aliphatic carbocycles. The van der Waals surface area contributed by atoms with E-state index in [1.807, 2.05) is 13.1 Å². The fourth-order valence-corrected chi connectivity index (χ4v) is 9.52. The van der Waals surface area contributed by atoms with Crippen molar-refractivity contribution in [2.24, 2.45) is 11.3 Å². The number of pyridine rings is 2. The standard InChI is InChI=1S/C26H33Cl2N5O3S/c1-16(24-20(27)11-29-12-21(24)28)36-18-4-5-22-19(9-18)25(32-31-22)17-3-6-23(30-10-17)33-13-26(14-33)7-2-8-37(34,35)15-26/h3,6,10-12,16,18-19,22,25,31-32H,2,4-5,7-9,13-15H2,1H3/t16-,18?,19?,22?,25?/m1/s1. The van der Waals surface area contributed by atoms with Crippen LogP contribution in [-0.2, 0) is 14.6 Å². The van der Waals surface area contributed by atoms with Gasteiger partial charge in [-0.05, 0) is 56.6 Å². The summed E-state index contributed by atoms with van der Waals surface area (Å²) in [6, 6.07) is 4.75. The molecular weight excluding hydrogens is 533 g/mol. The number of nitrogens with one attached hydrogen (secondary N) is 2. The second kappa shape index (κ2) is 9.92. The molecule has 4 fully saturated rings. The molecule has 0 amide bonds. The van der Waals surface area contributed by atoms with Crippen molar-refractivity contribution < 1.29 is 13.2 Å². The number of aromatic nitrogens is 2. The topological polar surface area (TPSA) is 96.5 Å². The van der Waals surface area contributed by atoms with E-state index in [0.29, 0.717) is 33.5 Å². The summed E-state index contributed by atoms with van der Waals surface area (Å²) in [4.78, 5) is 11.0. The molecule has 4 unspecified atom stereocenters. The molecule has 8 nitrogen and oxygen atoms in total. The summed E-state index contributed by atoms with van der Waals surface area (Å²) in [5, 5.41) is 1.06. The minimum Gasteiger partial charge on any atom is -0.370 e. The van der Waals surface area contributed by atoms with Crippen LogP contribution in [0.4, 0.5) is 5.82 Å². The van der Waals surface area contributed by atoms with Crippen molar-refractivity contribution in [3.05, 3.63) is 51.9 Å². The van der Waals surface area contributed by atoms with Crippen molar-refractivity contribution in [3.8, 4) is 0 Å². The van der Waals surface area contributed by atoms with Crippen molar-refractivity contribution >= 4 is 38.9 Å². The third-order valence-corrected chi connectivity index (χ3v) is 11.2. The van der Waals surface area contributed by atoms with Crippen LogP contribution in [0.2, 0.25) is 10.0 Å². The van der Waals surface area contributed by atoms with Gasteiger partial charge >= 0.3 is 0 Å². The summed E-state index contributed by atoms with van der Waals surface area (Å²) < 4.78 is 30.7. The Hall–Kier alpha value is -1.49. The van der Waals surface area contributed by atoms with Gasteiger partial charge in [-0.25, -0.2) is 18.8 Å². The van der Waals surface area contributed by atoms with E-state index < -0.39 is 9.84 Å². The zero-order valence-electron chi connectivity index (χ0n) is 20.9. The van der Waals surface area contributed by atoms with Gasteiger partial charge in [0.05, 0.1) is 39.8 Å². The molecule has 0 aromatic carbocycles. The number of ether oxygens (including phenoxy) is 1. The fourth-order valence-electron chi connectivity index (χ4n) is 6.86. The summed E-state index contributed by atoms with van der Waals surface area (Å²) in [6.07, 6.45) is 9.74. The molecule has 3 aliphatic heterocycles. The number of halogens is 2. The summed E-state index contributed by atoms with van der Waals surface area (Å²) in [5.41, 5.74) is 8.83. The largest absolute Gasteiger partial charge is 0.370 e. The summed E-state index contributed by atoms with van der Waals surface area (Å²) in [6.45, 7) is 3.54. The lowest BCUT2D eigenvalue weighted by atomic mass is 9.77. The highest BCUT2D eigenvalue weighted by molar-refractivity contribution is 7.91. The van der Waals surface area contributed by atoms with Crippen LogP contribution in [0.25, 0.3) is 0 Å². The number of hydrogen-bond acceptors (Lipinski definition) is 8. The first-order valence-corrected chi connectivity index (χ1v) is 15.7. The summed E-state index contributed by atoms with van der Waals surface area (Å²) >= 11 is 12.7. The zero-order chi connectivity index (χ0) is 25.8. The van der Waals surface area contributed by atoms with Crippen LogP contribution in [0.5, 0.6) is 0 Å². The van der Waals surface area contributed by atoms with Gasteiger partial charge in [-0.3, -0.25) is 10.4 Å². The van der Waals surface area contributed by atoms with Gasteiger partial charge in [0.1, 0.15) is 5.82 Å². The lowest BCUT2D eigenvalue weighted by molar-refractivity contribution is -0.0370. The van der Waals surface area contributed by atoms with Crippen LogP contribution in [0, 0.1) is 11.3 Å². The van der Waals surface area contributed by atoms with Crippen LogP contribution in [-0.4, -0.2) is 55.1 Å². The Morgan fingerprint density at radius 2 is 1.92 bits per heavy atom. The minimum atomic E-state index is -2.91. The first-order valence-electron chi connectivity index (χ1n) is 13.1. The normalized spacial score (nSPS) is 31.1. The predicted octanol–water partition coefficient (Wildman–Crippen LogP) is 4.26. The van der Waals surface area contributed by atoms with Gasteiger partial charge in [0.25, 0.3) is 0 Å². The van der Waals surface area contributed by atoms with Crippen LogP contribution in [0.15, 0.2) is 30.7 Å². The van der Waals surface area contributed by atoms with Crippen molar-refractivity contribution in [1.29, 1.82) is 0 Å². The summed E-state index contributed by atoms with van der Waals surface area (Å²) in [5.74, 6) is 1.95. The highest BCUT2D eigenvalue weighted by atomic mass is 35.5. The van der Waals surface area contributed by atoms with E-state index in [4.69, 9.17) is 32.9 Å². The predicted molar refractivity (Wildman–Crippen MR) is 144 cm³/mol. The number of hydrazine groups is 1. The Labute approximate surface area is 228 Å². The van der Waals surface area contributed by atoms with Gasteiger partial charge in [-0.1, -0.05) is 29.3 Å². The van der Waals surface area contributed by atoms with Gasteiger partial charge in [-0.15, -0.1) is 0 Å². The Bertz CT molecular complexity index is 1240. The molecule has 0 bridgehead atoms. The fraction of sp³-hybridized carbons (Fsp3) is 0.615. The van der Waals surface area contributed by atoms with E-state index in [-0.39, 0.29) is 23.7 Å². The third kappa shape index (κ3) is 5.11. The smallest absolute Gasteiger partial charge is 0.151 e. The Balaban J connectivity index is 1.09. The number of fused-ring (bicyclic) bond motifs is 1. The molecule has 1 saturated carbocycles. The maximum absolute atomic E-state index is 12.1. The van der Waals surface area contributed by atoms with E-state index >= 15 is 0 Å². The lowest BCUT2D eigenvalue weighted by Crippen LogP contribution is -2.61. The first-order chi connectivity index (χ1) is 17.7. The zero-order valence-corrected chi connectivity index (χ0v) is 23.2. The van der Waals surface area contributed by atoms with Gasteiger partial charge in [0.2, 0.25) is 0 Å². The number of hydrogen-bond donors (Lipinski definition) is 2. The second-order valence-electron chi connectivity index (χ2n) is 11.3. The average molecular weight is 567 g/mol. The van der Waals surface area contributed by atoms with Crippen LogP contribution >= 0.6 is 23.2 Å². The molecule has 37 heavy (non-hydrogen) atoms. The highest BCUT2D eigenvalue weighted by Crippen LogP contribution is 2.43. The van der Waals surface area contributed by atoms with Gasteiger partial charge in [0, 0.05) is 48.7 Å². The Kier molecular flexibility index (Phi) is 6.91. The molecule has 4 aliphatic rings. The second-order valence-corrected chi connectivity index (χ2v) is 14.3. The van der Waals surface area contributed by atoms with E-state index in [1.54, 1.807) is 12.4 Å². The maximum atomic E-state index is 12.1. The Morgan fingerprint density at radius 1 is 1.14 bits per heavy atom. The molecule has 2 aromatic rings. The van der Waals surface area contributed by atoms with Crippen LogP contribution in [0.1, 0.15) is 62.3 Å². The molecule has 2 aromatic heterocycles. The number of anilines is 1. The molecule has 1 spiro atoms. The molecule has 6 rings (SSSR count). The molecule has 5 atom stereocenters. The quantitative estimate of drug-likeness (QED) is 0.555. The molecule has 2 N–H and O–H groups in total. The maximum Gasteiger partial charge on any atom is 0.151 e. The third-order valence-electron chi connectivity index (χ3n) is 8.59. The van der Waals surface area contributed by atoms with Crippen LogP contribution < -0.4 is 15.8 Å². The van der Waals surface area contributed by atoms with E-state index in [9.17, 15) is 8.42 Å². The SMILES string of the molecule is C[C@@H](OC1CCC2NNC(c3ccc(N4CC5(CCCS(=O)(=O)C5)C4)nc3)C2C1)c1c(Cl)cncc1Cl. The summed E-state index contributed by atoms with van der Waals surface area (Å²) in [7, 11) is -2.91. The number of nitrogens with zero attached hydrogens (tertiary/aromatic N) is 3. The Morgan fingerprint density at radius 3 is 2.62 bits per heavy atom. The van der Waals surface area contributed by atoms with Gasteiger partial charge in [-0.2, -0.15) is 0 Å². The first kappa shape index (κ1) is 25.8. The molecule has 5 heterocycles. The van der Waals surface area contributed by atoms with E-state index in [1.165, 1.54) is 0 Å². The van der Waals surface area contributed by atoms with Crippen molar-refractivity contribution in [2.75, 3.05) is 29.5 Å². The van der Waals surface area contributed by atoms with Crippen molar-refractivity contribution in [1.82, 2.24) is 20.8 Å². The van der Waals surface area contributed by atoms with Gasteiger partial charge in [0.15, 0.2) is 9.84 Å². The highest BCUT2D eigenvalue weighted by Gasteiger charge is 2.48. The molecule has 200 valence electrons. The number of sulfone groups is 1. The van der Waals surface area contributed by atoms with E-state index in [0.717, 1.165) is 62.1 Å². The monoisotopic (exact) mass is 565 g/mol. The minimum absolute atomic E-state index is 0.0828. The molecule has 0 radical (unpaired) electrons. The van der Waals surface area contributed by atoms with Crippen LogP contribution in [0.3, 0.4) is 0 Å². The lowest BCUT2D eigenvalue weighted by Gasteiger charge is -2.52. The molecule has 3 saturated heterocycles. The van der Waals surface area contributed by atoms with Crippen molar-refractivity contribution in [3.63, 3.8) is 0 Å². The number of rotatable bonds is 5. The van der Waals surface area contributed by atoms with E-state index in [2.05, 4.69) is 32.9 Å². The average Bonchev–Trinajstić information content (AvgIpc) is 3.25. The molecular formula is C26H33Cl2N5O3S. The molecule has 11 heteroatoms. The van der Waals surface area contributed by atoms with Crippen molar-refractivity contribution in [2.45, 2.75) is 63.3 Å².